The molecule has 4 nitrogen and oxygen atoms in total. The molecule has 1 rings (SSSR count). The van der Waals surface area contributed by atoms with Crippen molar-refractivity contribution in [3.05, 3.63) is 39.8 Å². The number of benzene rings is 1. The number of aliphatic carboxylic acids is 1. The fourth-order valence-corrected chi connectivity index (χ4v) is 1.63. The van der Waals surface area contributed by atoms with Crippen LogP contribution in [0.2, 0.25) is 5.02 Å². The Kier molecular flexibility index (Phi) is 4.52. The minimum absolute atomic E-state index is 0.367. The third kappa shape index (κ3) is 4.04. The Labute approximate surface area is 105 Å². The summed E-state index contributed by atoms with van der Waals surface area (Å²) in [6, 6.07) is 4.94. The van der Waals surface area contributed by atoms with Crippen molar-refractivity contribution in [2.75, 3.05) is 5.32 Å². The van der Waals surface area contributed by atoms with E-state index in [0.29, 0.717) is 10.7 Å². The van der Waals surface area contributed by atoms with Crippen LogP contribution >= 0.6 is 27.5 Å². The SMILES string of the molecule is O=C(O)C=CC(=O)Nc1ccc(Br)cc1Cl. The lowest BCUT2D eigenvalue weighted by Crippen LogP contribution is -2.08. The van der Waals surface area contributed by atoms with Gasteiger partial charge in [0, 0.05) is 16.6 Å². The van der Waals surface area contributed by atoms with Crippen molar-refractivity contribution in [2.24, 2.45) is 0 Å². The van der Waals surface area contributed by atoms with Gasteiger partial charge in [-0.25, -0.2) is 4.79 Å². The molecule has 1 aromatic carbocycles. The van der Waals surface area contributed by atoms with Crippen molar-refractivity contribution in [2.45, 2.75) is 0 Å². The topological polar surface area (TPSA) is 66.4 Å². The first-order valence-electron chi connectivity index (χ1n) is 4.16. The van der Waals surface area contributed by atoms with Crippen LogP contribution < -0.4 is 5.32 Å². The summed E-state index contributed by atoms with van der Waals surface area (Å²) in [6.07, 6.45) is 1.67. The Morgan fingerprint density at radius 2 is 2.06 bits per heavy atom. The highest BCUT2D eigenvalue weighted by molar-refractivity contribution is 9.10. The number of rotatable bonds is 3. The first-order chi connectivity index (χ1) is 7.49. The van der Waals surface area contributed by atoms with Gasteiger partial charge in [0.15, 0.2) is 0 Å². The molecule has 0 saturated heterocycles. The monoisotopic (exact) mass is 303 g/mol. The first-order valence-corrected chi connectivity index (χ1v) is 5.33. The molecule has 0 spiro atoms. The van der Waals surface area contributed by atoms with Crippen LogP contribution in [0.3, 0.4) is 0 Å². The summed E-state index contributed by atoms with van der Waals surface area (Å²) in [4.78, 5) is 21.4. The van der Waals surface area contributed by atoms with E-state index in [0.717, 1.165) is 16.6 Å². The predicted molar refractivity (Wildman–Crippen MR) is 64.6 cm³/mol. The Hall–Kier alpha value is -1.33. The summed E-state index contributed by atoms with van der Waals surface area (Å²) in [6.45, 7) is 0. The van der Waals surface area contributed by atoms with Gasteiger partial charge in [-0.05, 0) is 18.2 Å². The second-order valence-corrected chi connectivity index (χ2v) is 4.11. The Balaban J connectivity index is 2.73. The molecule has 0 fully saturated rings. The van der Waals surface area contributed by atoms with Crippen molar-refractivity contribution in [1.29, 1.82) is 0 Å². The quantitative estimate of drug-likeness (QED) is 0.844. The first kappa shape index (κ1) is 12.7. The zero-order chi connectivity index (χ0) is 12.1. The van der Waals surface area contributed by atoms with Crippen LogP contribution in [-0.4, -0.2) is 17.0 Å². The number of carboxylic acids is 1. The summed E-state index contributed by atoms with van der Waals surface area (Å²) < 4.78 is 0.788. The van der Waals surface area contributed by atoms with Gasteiger partial charge in [-0.3, -0.25) is 4.79 Å². The minimum Gasteiger partial charge on any atom is -0.478 e. The summed E-state index contributed by atoms with van der Waals surface area (Å²) in [5, 5.41) is 11.1. The van der Waals surface area contributed by atoms with Gasteiger partial charge in [0.25, 0.3) is 0 Å². The highest BCUT2D eigenvalue weighted by Gasteiger charge is 2.03. The van der Waals surface area contributed by atoms with Gasteiger partial charge in [0.2, 0.25) is 5.91 Å². The largest absolute Gasteiger partial charge is 0.478 e. The zero-order valence-electron chi connectivity index (χ0n) is 7.91. The van der Waals surface area contributed by atoms with E-state index in [1.54, 1.807) is 18.2 Å². The molecule has 0 saturated carbocycles. The second-order valence-electron chi connectivity index (χ2n) is 2.78. The molecule has 2 N–H and O–H groups in total. The maximum absolute atomic E-state index is 11.2. The van der Waals surface area contributed by atoms with Gasteiger partial charge in [-0.1, -0.05) is 27.5 Å². The summed E-state index contributed by atoms with van der Waals surface area (Å²) >= 11 is 9.07. The van der Waals surface area contributed by atoms with Crippen LogP contribution in [0.1, 0.15) is 0 Å². The molecule has 0 radical (unpaired) electrons. The van der Waals surface area contributed by atoms with E-state index in [4.69, 9.17) is 16.7 Å². The van der Waals surface area contributed by atoms with E-state index < -0.39 is 11.9 Å². The van der Waals surface area contributed by atoms with Gasteiger partial charge in [-0.15, -0.1) is 0 Å². The van der Waals surface area contributed by atoms with Crippen molar-refractivity contribution in [3.8, 4) is 0 Å². The maximum atomic E-state index is 11.2. The smallest absolute Gasteiger partial charge is 0.328 e. The summed E-state index contributed by atoms with van der Waals surface area (Å²) in [7, 11) is 0. The molecule has 84 valence electrons. The van der Waals surface area contributed by atoms with E-state index >= 15 is 0 Å². The molecule has 0 atom stereocenters. The summed E-state index contributed by atoms with van der Waals surface area (Å²) in [5.41, 5.74) is 0.421. The Morgan fingerprint density at radius 3 is 2.62 bits per heavy atom. The number of hydrogen-bond acceptors (Lipinski definition) is 2. The van der Waals surface area contributed by atoms with Crippen molar-refractivity contribution in [3.63, 3.8) is 0 Å². The third-order valence-electron chi connectivity index (χ3n) is 1.57. The Bertz CT molecular complexity index is 459. The van der Waals surface area contributed by atoms with Gasteiger partial charge in [-0.2, -0.15) is 0 Å². The van der Waals surface area contributed by atoms with Crippen LogP contribution in [0.5, 0.6) is 0 Å². The average molecular weight is 305 g/mol. The van der Waals surface area contributed by atoms with Gasteiger partial charge < -0.3 is 10.4 Å². The summed E-state index contributed by atoms with van der Waals surface area (Å²) in [5.74, 6) is -1.73. The molecule has 0 unspecified atom stereocenters. The molecular weight excluding hydrogens is 297 g/mol. The Morgan fingerprint density at radius 1 is 1.38 bits per heavy atom. The number of anilines is 1. The second kappa shape index (κ2) is 5.67. The standard InChI is InChI=1S/C10H7BrClNO3/c11-6-1-2-8(7(12)5-6)13-9(14)3-4-10(15)16/h1-5H,(H,13,14)(H,15,16). The van der Waals surface area contributed by atoms with Crippen LogP contribution in [0.15, 0.2) is 34.8 Å². The van der Waals surface area contributed by atoms with Gasteiger partial charge >= 0.3 is 5.97 Å². The lowest BCUT2D eigenvalue weighted by Gasteiger charge is -2.04. The average Bonchev–Trinajstić information content (AvgIpc) is 2.19. The van der Waals surface area contributed by atoms with Crippen molar-refractivity contribution in [1.82, 2.24) is 0 Å². The van der Waals surface area contributed by atoms with Gasteiger partial charge in [0.05, 0.1) is 10.7 Å². The van der Waals surface area contributed by atoms with E-state index in [2.05, 4.69) is 21.2 Å². The van der Waals surface area contributed by atoms with Crippen molar-refractivity contribution < 1.29 is 14.7 Å². The van der Waals surface area contributed by atoms with Crippen molar-refractivity contribution >= 4 is 45.1 Å². The highest BCUT2D eigenvalue weighted by Crippen LogP contribution is 2.25. The number of carbonyl (C=O) groups is 2. The molecule has 0 aromatic heterocycles. The van der Waals surface area contributed by atoms with E-state index in [9.17, 15) is 9.59 Å². The number of halogens is 2. The normalized spacial score (nSPS) is 10.4. The number of nitrogens with one attached hydrogen (secondary N) is 1. The number of hydrogen-bond donors (Lipinski definition) is 2. The van der Waals surface area contributed by atoms with Crippen LogP contribution in [-0.2, 0) is 9.59 Å². The molecule has 0 heterocycles. The van der Waals surface area contributed by atoms with Crippen LogP contribution in [0.4, 0.5) is 5.69 Å². The molecule has 0 aliphatic heterocycles. The molecule has 0 aliphatic rings. The molecule has 6 heteroatoms. The third-order valence-corrected chi connectivity index (χ3v) is 2.37. The predicted octanol–water partition coefficient (Wildman–Crippen LogP) is 2.68. The van der Waals surface area contributed by atoms with E-state index in [-0.39, 0.29) is 0 Å². The van der Waals surface area contributed by atoms with Gasteiger partial charge in [0.1, 0.15) is 0 Å². The molecule has 0 bridgehead atoms. The highest BCUT2D eigenvalue weighted by atomic mass is 79.9. The molecule has 0 aliphatic carbocycles. The fourth-order valence-electron chi connectivity index (χ4n) is 0.912. The van der Waals surface area contributed by atoms with E-state index in [1.165, 1.54) is 0 Å². The maximum Gasteiger partial charge on any atom is 0.328 e. The molecular formula is C10H7BrClNO3. The number of carbonyl (C=O) groups excluding carboxylic acids is 1. The minimum atomic E-state index is -1.18. The molecule has 1 aromatic rings. The lowest BCUT2D eigenvalue weighted by molar-refractivity contribution is -0.131. The zero-order valence-corrected chi connectivity index (χ0v) is 10.2. The van der Waals surface area contributed by atoms with E-state index in [1.807, 2.05) is 0 Å². The fraction of sp³-hybridized carbons (Fsp3) is 0. The molecule has 16 heavy (non-hydrogen) atoms. The lowest BCUT2D eigenvalue weighted by atomic mass is 10.3. The van der Waals surface area contributed by atoms with Crippen LogP contribution in [0, 0.1) is 0 Å². The van der Waals surface area contributed by atoms with Crippen LogP contribution in [0.25, 0.3) is 0 Å². The number of carboxylic acid groups (broad SMARTS) is 1. The number of amides is 1. The molecule has 1 amide bonds.